The largest absolute Gasteiger partial charge is 0.490 e. The van der Waals surface area contributed by atoms with Crippen molar-refractivity contribution in [1.29, 1.82) is 5.26 Å². The maximum atomic E-state index is 9.56. The number of nitrogens with one attached hydrogen (secondary N) is 1. The number of hydrogen-bond acceptors (Lipinski definition) is 3. The fourth-order valence-electron chi connectivity index (χ4n) is 2.57. The number of rotatable bonds is 5. The second-order valence-corrected chi connectivity index (χ2v) is 5.88. The summed E-state index contributed by atoms with van der Waals surface area (Å²) >= 11 is 0. The number of allylic oxidation sites excluding steroid dienone is 1. The van der Waals surface area contributed by atoms with E-state index in [-0.39, 0.29) is 0 Å². The minimum Gasteiger partial charge on any atom is -0.490 e. The minimum atomic E-state index is 0.445. The predicted molar refractivity (Wildman–Crippen MR) is 101 cm³/mol. The van der Waals surface area contributed by atoms with Crippen molar-refractivity contribution in [2.75, 3.05) is 6.61 Å². The number of aromatic amines is 1. The molecule has 25 heavy (non-hydrogen) atoms. The average Bonchev–Trinajstić information content (AvgIpc) is 3.01. The predicted octanol–water partition coefficient (Wildman–Crippen LogP) is 4.81. The number of aryl methyl sites for hydroxylation is 2. The molecule has 0 spiro atoms. The molecule has 1 heterocycles. The maximum absolute atomic E-state index is 9.56. The van der Waals surface area contributed by atoms with Crippen LogP contribution in [-0.4, -0.2) is 16.6 Å². The first-order valence-electron chi connectivity index (χ1n) is 8.03. The number of fused-ring (bicyclic) bond motifs is 1. The third kappa shape index (κ3) is 3.61. The third-order valence-corrected chi connectivity index (χ3v) is 4.01. The van der Waals surface area contributed by atoms with Crippen LogP contribution in [0.1, 0.15) is 22.5 Å². The van der Waals surface area contributed by atoms with Crippen LogP contribution >= 0.6 is 0 Å². The van der Waals surface area contributed by atoms with Crippen molar-refractivity contribution in [3.05, 3.63) is 71.6 Å². The number of H-pyrrole nitrogens is 1. The monoisotopic (exact) mass is 329 g/mol. The Hall–Kier alpha value is -3.32. The maximum Gasteiger partial charge on any atom is 0.149 e. The van der Waals surface area contributed by atoms with Crippen molar-refractivity contribution in [3.8, 4) is 11.8 Å². The molecule has 2 aromatic carbocycles. The first-order valence-corrected chi connectivity index (χ1v) is 8.03. The van der Waals surface area contributed by atoms with Gasteiger partial charge in [-0.2, -0.15) is 5.26 Å². The highest BCUT2D eigenvalue weighted by molar-refractivity contribution is 5.90. The zero-order valence-corrected chi connectivity index (χ0v) is 14.3. The number of nitrogens with zero attached hydrogens (tertiary/aromatic N) is 2. The molecule has 3 aromatic rings. The zero-order chi connectivity index (χ0) is 17.8. The van der Waals surface area contributed by atoms with Gasteiger partial charge in [0.1, 0.15) is 24.3 Å². The van der Waals surface area contributed by atoms with Crippen molar-refractivity contribution in [1.82, 2.24) is 9.97 Å². The van der Waals surface area contributed by atoms with Gasteiger partial charge in [-0.1, -0.05) is 24.8 Å². The van der Waals surface area contributed by atoms with Gasteiger partial charge in [-0.15, -0.1) is 0 Å². The van der Waals surface area contributed by atoms with Gasteiger partial charge in [-0.05, 0) is 60.9 Å². The van der Waals surface area contributed by atoms with Crippen LogP contribution in [0, 0.1) is 25.2 Å². The van der Waals surface area contributed by atoms with E-state index in [4.69, 9.17) is 4.74 Å². The summed E-state index contributed by atoms with van der Waals surface area (Å²) in [6, 6.07) is 13.9. The molecule has 0 saturated heterocycles. The number of ether oxygens (including phenoxy) is 1. The van der Waals surface area contributed by atoms with E-state index >= 15 is 0 Å². The second kappa shape index (κ2) is 7.06. The Bertz CT molecular complexity index is 967. The van der Waals surface area contributed by atoms with Gasteiger partial charge < -0.3 is 9.72 Å². The quantitative estimate of drug-likeness (QED) is 0.540. The molecule has 0 amide bonds. The zero-order valence-electron chi connectivity index (χ0n) is 14.3. The summed E-state index contributed by atoms with van der Waals surface area (Å²) in [7, 11) is 0. The number of aromatic nitrogens is 2. The van der Waals surface area contributed by atoms with Crippen molar-refractivity contribution < 1.29 is 4.74 Å². The van der Waals surface area contributed by atoms with E-state index in [1.54, 1.807) is 12.2 Å². The van der Waals surface area contributed by atoms with E-state index in [1.807, 2.05) is 30.3 Å². The summed E-state index contributed by atoms with van der Waals surface area (Å²) in [4.78, 5) is 7.80. The van der Waals surface area contributed by atoms with Gasteiger partial charge in [-0.25, -0.2) is 4.98 Å². The summed E-state index contributed by atoms with van der Waals surface area (Å²) in [5.41, 5.74) is 5.53. The lowest BCUT2D eigenvalue weighted by Gasteiger charge is -2.03. The van der Waals surface area contributed by atoms with Crippen molar-refractivity contribution >= 4 is 22.7 Å². The highest BCUT2D eigenvalue weighted by Gasteiger charge is 2.09. The van der Waals surface area contributed by atoms with Gasteiger partial charge in [0.15, 0.2) is 0 Å². The average molecular weight is 329 g/mol. The lowest BCUT2D eigenvalue weighted by atomic mass is 10.1. The van der Waals surface area contributed by atoms with Crippen LogP contribution in [0.25, 0.3) is 22.7 Å². The fraction of sp³-hybridized carbons (Fsp3) is 0.143. The lowest BCUT2D eigenvalue weighted by molar-refractivity contribution is 0.363. The van der Waals surface area contributed by atoms with E-state index in [0.717, 1.165) is 22.3 Å². The molecule has 0 aliphatic rings. The van der Waals surface area contributed by atoms with Crippen molar-refractivity contribution in [3.63, 3.8) is 0 Å². The normalized spacial score (nSPS) is 11.3. The van der Waals surface area contributed by atoms with Gasteiger partial charge in [0.05, 0.1) is 16.6 Å². The van der Waals surface area contributed by atoms with Crippen molar-refractivity contribution in [2.24, 2.45) is 0 Å². The third-order valence-electron chi connectivity index (χ3n) is 4.01. The molecule has 124 valence electrons. The Labute approximate surface area is 147 Å². The summed E-state index contributed by atoms with van der Waals surface area (Å²) < 4.78 is 5.54. The minimum absolute atomic E-state index is 0.445. The van der Waals surface area contributed by atoms with E-state index < -0.39 is 0 Å². The Balaban J connectivity index is 1.98. The molecule has 0 aliphatic heterocycles. The second-order valence-electron chi connectivity index (χ2n) is 5.88. The Kier molecular flexibility index (Phi) is 4.67. The van der Waals surface area contributed by atoms with Crippen LogP contribution in [0.2, 0.25) is 0 Å². The van der Waals surface area contributed by atoms with Crippen LogP contribution in [0.4, 0.5) is 0 Å². The molecule has 0 radical (unpaired) electrons. The molecule has 0 unspecified atom stereocenters. The van der Waals surface area contributed by atoms with Gasteiger partial charge in [0.2, 0.25) is 0 Å². The molecule has 0 bridgehead atoms. The Morgan fingerprint density at radius 2 is 2.08 bits per heavy atom. The number of imidazole rings is 1. The molecule has 1 N–H and O–H groups in total. The molecule has 0 saturated carbocycles. The summed E-state index contributed by atoms with van der Waals surface area (Å²) in [5.74, 6) is 1.31. The molecule has 3 rings (SSSR count). The summed E-state index contributed by atoms with van der Waals surface area (Å²) in [6.45, 7) is 8.20. The topological polar surface area (TPSA) is 61.7 Å². The van der Waals surface area contributed by atoms with Crippen LogP contribution in [-0.2, 0) is 0 Å². The van der Waals surface area contributed by atoms with Crippen LogP contribution in [0.15, 0.2) is 49.1 Å². The first-order chi connectivity index (χ1) is 12.1. The first kappa shape index (κ1) is 16.5. The van der Waals surface area contributed by atoms with E-state index in [2.05, 4.69) is 42.5 Å². The summed E-state index contributed by atoms with van der Waals surface area (Å²) in [5, 5.41) is 9.56. The Morgan fingerprint density at radius 3 is 2.84 bits per heavy atom. The molecule has 4 nitrogen and oxygen atoms in total. The smallest absolute Gasteiger partial charge is 0.149 e. The molecular formula is C21H19N3O. The van der Waals surface area contributed by atoms with Gasteiger partial charge in [0.25, 0.3) is 0 Å². The van der Waals surface area contributed by atoms with Crippen molar-refractivity contribution in [2.45, 2.75) is 13.8 Å². The molecule has 1 aromatic heterocycles. The molecular weight excluding hydrogens is 310 g/mol. The van der Waals surface area contributed by atoms with Crippen LogP contribution in [0.3, 0.4) is 0 Å². The number of benzene rings is 2. The fourth-order valence-corrected chi connectivity index (χ4v) is 2.57. The van der Waals surface area contributed by atoms with Gasteiger partial charge in [0, 0.05) is 0 Å². The Morgan fingerprint density at radius 1 is 1.28 bits per heavy atom. The SMILES string of the molecule is C=CCOc1cccc(/C=C(\C#N)c2nc3cc(C)c(C)cc3[nH]2)c1. The van der Waals surface area contributed by atoms with E-state index in [9.17, 15) is 5.26 Å². The van der Waals surface area contributed by atoms with E-state index in [0.29, 0.717) is 18.0 Å². The highest BCUT2D eigenvalue weighted by atomic mass is 16.5. The van der Waals surface area contributed by atoms with Gasteiger partial charge >= 0.3 is 0 Å². The van der Waals surface area contributed by atoms with E-state index in [1.165, 1.54) is 11.1 Å². The number of nitriles is 1. The van der Waals surface area contributed by atoms with Gasteiger partial charge in [-0.3, -0.25) is 0 Å². The number of hydrogen-bond donors (Lipinski definition) is 1. The molecule has 0 aliphatic carbocycles. The highest BCUT2D eigenvalue weighted by Crippen LogP contribution is 2.23. The lowest BCUT2D eigenvalue weighted by Crippen LogP contribution is -1.92. The van der Waals surface area contributed by atoms with Crippen LogP contribution < -0.4 is 4.74 Å². The van der Waals surface area contributed by atoms with Crippen LogP contribution in [0.5, 0.6) is 5.75 Å². The molecule has 4 heteroatoms. The summed E-state index contributed by atoms with van der Waals surface area (Å²) in [6.07, 6.45) is 3.50. The molecule has 0 atom stereocenters. The molecule has 0 fully saturated rings. The standard InChI is InChI=1S/C21H19N3O/c1-4-8-25-18-7-5-6-16(12-18)11-17(13-22)21-23-19-9-14(2)15(3)10-20(19)24-21/h4-7,9-12H,1,8H2,2-3H3,(H,23,24)/b17-11+.